The van der Waals surface area contributed by atoms with Gasteiger partial charge in [0.15, 0.2) is 0 Å². The number of nitrogens with zero attached hydrogens (tertiary/aromatic N) is 2. The average molecular weight is 753 g/mol. The minimum atomic E-state index is 0.883. The van der Waals surface area contributed by atoms with Crippen LogP contribution in [0, 0.1) is 0 Å². The van der Waals surface area contributed by atoms with E-state index in [-0.39, 0.29) is 0 Å². The monoisotopic (exact) mass is 752 g/mol. The van der Waals surface area contributed by atoms with Crippen molar-refractivity contribution in [1.82, 2.24) is 4.57 Å². The predicted octanol–water partition coefficient (Wildman–Crippen LogP) is 15.8. The molecule has 0 spiro atoms. The Morgan fingerprint density at radius 2 is 0.949 bits per heavy atom. The summed E-state index contributed by atoms with van der Waals surface area (Å²) in [6.45, 7) is 0. The zero-order valence-electron chi connectivity index (χ0n) is 32.1. The highest BCUT2D eigenvalue weighted by Crippen LogP contribution is 2.46. The van der Waals surface area contributed by atoms with Crippen LogP contribution < -0.4 is 4.90 Å². The molecular formula is C56H36N2O. The van der Waals surface area contributed by atoms with Gasteiger partial charge in [-0.1, -0.05) is 152 Å². The maximum absolute atomic E-state index is 6.40. The topological polar surface area (TPSA) is 21.3 Å². The molecule has 2 aromatic heterocycles. The molecule has 276 valence electrons. The highest BCUT2D eigenvalue weighted by Gasteiger charge is 2.21. The van der Waals surface area contributed by atoms with Gasteiger partial charge in [0.25, 0.3) is 0 Å². The van der Waals surface area contributed by atoms with E-state index in [4.69, 9.17) is 4.42 Å². The van der Waals surface area contributed by atoms with E-state index < -0.39 is 0 Å². The van der Waals surface area contributed by atoms with Gasteiger partial charge < -0.3 is 13.9 Å². The van der Waals surface area contributed by atoms with Crippen LogP contribution in [0.15, 0.2) is 223 Å². The SMILES string of the molecule is c1cc(-c2ccc(N(c3ccccc3-c3ccc4c(c3)oc3ccccc34)c3cc4ccccc4c4ccccc34)cc2)cc(-n2c3ccccc3c3ccccc32)c1. The van der Waals surface area contributed by atoms with Crippen molar-refractivity contribution < 1.29 is 4.42 Å². The van der Waals surface area contributed by atoms with Gasteiger partial charge in [-0.15, -0.1) is 0 Å². The lowest BCUT2D eigenvalue weighted by Crippen LogP contribution is -2.12. The van der Waals surface area contributed by atoms with Crippen molar-refractivity contribution in [3.63, 3.8) is 0 Å². The Labute approximate surface area is 341 Å². The fourth-order valence-corrected chi connectivity index (χ4v) is 9.26. The van der Waals surface area contributed by atoms with Crippen LogP contribution in [0.5, 0.6) is 0 Å². The maximum Gasteiger partial charge on any atom is 0.136 e. The lowest BCUT2D eigenvalue weighted by Gasteiger charge is -2.29. The fourth-order valence-electron chi connectivity index (χ4n) is 9.26. The van der Waals surface area contributed by atoms with E-state index in [2.05, 4.69) is 216 Å². The molecule has 0 bridgehead atoms. The maximum atomic E-state index is 6.40. The Kier molecular flexibility index (Phi) is 7.54. The van der Waals surface area contributed by atoms with Crippen molar-refractivity contribution in [2.45, 2.75) is 0 Å². The molecular weight excluding hydrogens is 717 g/mol. The second kappa shape index (κ2) is 13.4. The lowest BCUT2D eigenvalue weighted by atomic mass is 9.96. The van der Waals surface area contributed by atoms with Crippen LogP contribution in [0.3, 0.4) is 0 Å². The number of hydrogen-bond acceptors (Lipinski definition) is 2. The van der Waals surface area contributed by atoms with Crippen molar-refractivity contribution >= 4 is 82.4 Å². The molecule has 0 aliphatic carbocycles. The number of furan rings is 1. The van der Waals surface area contributed by atoms with E-state index in [0.29, 0.717) is 0 Å². The molecule has 0 aliphatic rings. The summed E-state index contributed by atoms with van der Waals surface area (Å²) in [5.41, 5.74) is 13.2. The highest BCUT2D eigenvalue weighted by molar-refractivity contribution is 6.15. The van der Waals surface area contributed by atoms with Gasteiger partial charge in [0.2, 0.25) is 0 Å². The molecule has 0 N–H and O–H groups in total. The third kappa shape index (κ3) is 5.36. The Bertz CT molecular complexity index is 3520. The van der Waals surface area contributed by atoms with E-state index in [1.54, 1.807) is 0 Å². The van der Waals surface area contributed by atoms with Gasteiger partial charge in [-0.05, 0) is 99.6 Å². The molecule has 0 atom stereocenters. The summed E-state index contributed by atoms with van der Waals surface area (Å²) in [5, 5.41) is 9.64. The summed E-state index contributed by atoms with van der Waals surface area (Å²) >= 11 is 0. The van der Waals surface area contributed by atoms with E-state index in [9.17, 15) is 0 Å². The van der Waals surface area contributed by atoms with Crippen LogP contribution in [0.4, 0.5) is 17.1 Å². The smallest absolute Gasteiger partial charge is 0.136 e. The number of para-hydroxylation sites is 4. The summed E-state index contributed by atoms with van der Waals surface area (Å²) in [7, 11) is 0. The minimum absolute atomic E-state index is 0.883. The Hall–Kier alpha value is -7.88. The van der Waals surface area contributed by atoms with Crippen LogP contribution in [-0.4, -0.2) is 4.57 Å². The van der Waals surface area contributed by atoms with Crippen LogP contribution in [0.25, 0.3) is 93.2 Å². The third-order valence-corrected chi connectivity index (χ3v) is 12.0. The quantitative estimate of drug-likeness (QED) is 0.158. The number of anilines is 3. The number of hydrogen-bond donors (Lipinski definition) is 0. The van der Waals surface area contributed by atoms with E-state index in [1.165, 1.54) is 43.4 Å². The van der Waals surface area contributed by atoms with Crippen LogP contribution in [0.1, 0.15) is 0 Å². The molecule has 59 heavy (non-hydrogen) atoms. The molecule has 12 rings (SSSR count). The van der Waals surface area contributed by atoms with Crippen molar-refractivity contribution in [2.75, 3.05) is 4.90 Å². The van der Waals surface area contributed by atoms with Gasteiger partial charge >= 0.3 is 0 Å². The Morgan fingerprint density at radius 3 is 1.75 bits per heavy atom. The molecule has 0 amide bonds. The molecule has 0 unspecified atom stereocenters. The first-order chi connectivity index (χ1) is 29.3. The Balaban J connectivity index is 1.03. The highest BCUT2D eigenvalue weighted by atomic mass is 16.3. The molecule has 10 aromatic carbocycles. The molecule has 0 fully saturated rings. The van der Waals surface area contributed by atoms with E-state index in [0.717, 1.165) is 66.9 Å². The second-order valence-corrected chi connectivity index (χ2v) is 15.3. The standard InChI is InChI=1S/C56H36N2O/c1-2-17-43-39(14-1)35-54(46-20-4-3-19-45(43)46)57(51-24-9-5-18-44(51)40-30-33-50-49-23-8-12-27-55(49)59-56(50)36-40)41-31-28-37(29-32-41)38-15-13-16-42(34-38)58-52-25-10-6-21-47(52)48-22-7-11-26-53(48)58/h1-36H. The van der Waals surface area contributed by atoms with Gasteiger partial charge in [-0.25, -0.2) is 0 Å². The Morgan fingerprint density at radius 1 is 0.339 bits per heavy atom. The van der Waals surface area contributed by atoms with E-state index in [1.807, 2.05) is 12.1 Å². The fraction of sp³-hybridized carbons (Fsp3) is 0. The number of rotatable bonds is 6. The summed E-state index contributed by atoms with van der Waals surface area (Å²) in [6.07, 6.45) is 0. The van der Waals surface area contributed by atoms with Gasteiger partial charge in [-0.3, -0.25) is 0 Å². The lowest BCUT2D eigenvalue weighted by molar-refractivity contribution is 0.669. The van der Waals surface area contributed by atoms with Crippen LogP contribution in [0.2, 0.25) is 0 Å². The summed E-state index contributed by atoms with van der Waals surface area (Å²) < 4.78 is 8.79. The zero-order chi connectivity index (χ0) is 38.9. The second-order valence-electron chi connectivity index (χ2n) is 15.3. The van der Waals surface area contributed by atoms with Gasteiger partial charge in [0, 0.05) is 43.9 Å². The average Bonchev–Trinajstić information content (AvgIpc) is 3.85. The molecule has 0 radical (unpaired) electrons. The molecule has 2 heterocycles. The van der Waals surface area contributed by atoms with Crippen molar-refractivity contribution in [2.24, 2.45) is 0 Å². The molecule has 0 aliphatic heterocycles. The minimum Gasteiger partial charge on any atom is -0.456 e. The number of benzene rings is 10. The largest absolute Gasteiger partial charge is 0.456 e. The van der Waals surface area contributed by atoms with Crippen LogP contribution in [-0.2, 0) is 0 Å². The van der Waals surface area contributed by atoms with Gasteiger partial charge in [0.1, 0.15) is 11.2 Å². The zero-order valence-corrected chi connectivity index (χ0v) is 32.1. The summed E-state index contributed by atoms with van der Waals surface area (Å²) in [6, 6.07) is 78.8. The first-order valence-corrected chi connectivity index (χ1v) is 20.2. The predicted molar refractivity (Wildman–Crippen MR) is 249 cm³/mol. The number of aromatic nitrogens is 1. The summed E-state index contributed by atoms with van der Waals surface area (Å²) in [5.74, 6) is 0. The van der Waals surface area contributed by atoms with Crippen molar-refractivity contribution in [3.8, 4) is 27.9 Å². The first-order valence-electron chi connectivity index (χ1n) is 20.2. The summed E-state index contributed by atoms with van der Waals surface area (Å²) in [4.78, 5) is 2.44. The van der Waals surface area contributed by atoms with E-state index >= 15 is 0 Å². The molecule has 12 aromatic rings. The normalized spacial score (nSPS) is 11.7. The molecule has 0 saturated heterocycles. The molecule has 3 nitrogen and oxygen atoms in total. The number of fused-ring (bicyclic) bond motifs is 9. The van der Waals surface area contributed by atoms with Gasteiger partial charge in [-0.2, -0.15) is 0 Å². The van der Waals surface area contributed by atoms with Crippen molar-refractivity contribution in [1.29, 1.82) is 0 Å². The first kappa shape index (κ1) is 33.3. The van der Waals surface area contributed by atoms with Gasteiger partial charge in [0.05, 0.1) is 22.4 Å². The van der Waals surface area contributed by atoms with Crippen LogP contribution >= 0.6 is 0 Å². The van der Waals surface area contributed by atoms with Crippen molar-refractivity contribution in [3.05, 3.63) is 218 Å². The third-order valence-electron chi connectivity index (χ3n) is 12.0. The molecule has 3 heteroatoms. The molecule has 0 saturated carbocycles.